The van der Waals surface area contributed by atoms with Crippen LogP contribution in [0.15, 0.2) is 35.3 Å². The van der Waals surface area contributed by atoms with Gasteiger partial charge in [0.2, 0.25) is 0 Å². The Balaban J connectivity index is 0.00000253. The van der Waals surface area contributed by atoms with Crippen LogP contribution in [-0.4, -0.2) is 40.0 Å². The lowest BCUT2D eigenvalue weighted by Crippen LogP contribution is -2.29. The Morgan fingerprint density at radius 3 is 2.74 bits per heavy atom. The van der Waals surface area contributed by atoms with E-state index in [4.69, 9.17) is 16.3 Å². The van der Waals surface area contributed by atoms with Gasteiger partial charge in [-0.3, -0.25) is 14.0 Å². The van der Waals surface area contributed by atoms with Gasteiger partial charge in [-0.1, -0.05) is 11.6 Å². The highest BCUT2D eigenvalue weighted by atomic mass is 35.5. The van der Waals surface area contributed by atoms with Gasteiger partial charge in [0, 0.05) is 36.9 Å². The molecule has 1 saturated heterocycles. The molecule has 2 aliphatic rings. The molecule has 0 radical (unpaired) electrons. The smallest absolute Gasteiger partial charge is 0.274 e. The van der Waals surface area contributed by atoms with Gasteiger partial charge < -0.3 is 14.6 Å². The maximum atomic E-state index is 13.9. The molecule has 2 aromatic heterocycles. The van der Waals surface area contributed by atoms with E-state index in [-0.39, 0.29) is 34.8 Å². The lowest BCUT2D eigenvalue weighted by molar-refractivity contribution is 0.0835. The lowest BCUT2D eigenvalue weighted by Gasteiger charge is -2.22. The molecule has 0 aliphatic carbocycles. The number of anilines is 1. The molecular weight excluding hydrogens is 494 g/mol. The van der Waals surface area contributed by atoms with Crippen molar-refractivity contribution in [1.82, 2.24) is 14.4 Å². The van der Waals surface area contributed by atoms with Crippen molar-refractivity contribution >= 4 is 52.2 Å². The van der Waals surface area contributed by atoms with Gasteiger partial charge in [0.1, 0.15) is 17.2 Å². The largest absolute Gasteiger partial charge is 0.381 e. The van der Waals surface area contributed by atoms with Crippen LogP contribution < -0.4 is 10.5 Å². The Hall–Kier alpha value is -2.94. The summed E-state index contributed by atoms with van der Waals surface area (Å²) in [5, 5.41) is -0.0128. The van der Waals surface area contributed by atoms with Gasteiger partial charge in [0.05, 0.1) is 22.3 Å². The summed E-state index contributed by atoms with van der Waals surface area (Å²) < 4.78 is 21.3. The lowest BCUT2D eigenvalue weighted by atomic mass is 9.99. The third-order valence-corrected chi connectivity index (χ3v) is 7.22. The fraction of sp³-hybridized carbons (Fsp3) is 0.320. The van der Waals surface area contributed by atoms with Crippen molar-refractivity contribution in [3.63, 3.8) is 0 Å². The van der Waals surface area contributed by atoms with Crippen LogP contribution in [-0.2, 0) is 11.2 Å². The number of hydrogen-bond donors (Lipinski definition) is 1. The number of rotatable bonds is 2. The van der Waals surface area contributed by atoms with Crippen molar-refractivity contribution in [3.8, 4) is 0 Å². The molecule has 2 aliphatic heterocycles. The fourth-order valence-electron chi connectivity index (χ4n) is 5.16. The third kappa shape index (κ3) is 3.80. The molecule has 0 unspecified atom stereocenters. The monoisotopic (exact) mass is 516 g/mol. The summed E-state index contributed by atoms with van der Waals surface area (Å²) in [7, 11) is 0. The van der Waals surface area contributed by atoms with Gasteiger partial charge in [0.25, 0.3) is 11.5 Å². The minimum absolute atomic E-state index is 0. The summed E-state index contributed by atoms with van der Waals surface area (Å²) in [6.07, 6.45) is 3.87. The van der Waals surface area contributed by atoms with Gasteiger partial charge in [0.15, 0.2) is 0 Å². The molecule has 6 rings (SSSR count). The zero-order valence-electron chi connectivity index (χ0n) is 18.9. The Bertz CT molecular complexity index is 1540. The molecule has 35 heavy (non-hydrogen) atoms. The topological polar surface area (TPSA) is 79.7 Å². The Morgan fingerprint density at radius 2 is 1.97 bits per heavy atom. The molecule has 4 heterocycles. The minimum atomic E-state index is -0.487. The molecule has 0 spiro atoms. The zero-order chi connectivity index (χ0) is 23.6. The summed E-state index contributed by atoms with van der Waals surface area (Å²) in [5.74, 6) is 0.350. The number of ether oxygens (including phenoxy) is 1. The maximum Gasteiger partial charge on any atom is 0.274 e. The standard InChI is InChI=1S/C25H22ClFN4O3.ClH/c1-13-8-21-19(29-24(32)22-12-28-23(31(21)22)14-3-6-34-7-4-14)10-16(13)25(33)30-5-2-15-9-18(27)17(26)11-20(15)30;/h8-12,14H,2-7H2,1H3,(H,29,32);1H. The second-order valence-corrected chi connectivity index (χ2v) is 9.37. The molecular formula is C25H23Cl2FN4O3. The molecule has 1 fully saturated rings. The van der Waals surface area contributed by atoms with Crippen LogP contribution in [0.3, 0.4) is 0 Å². The molecule has 4 aromatic rings. The number of aromatic nitrogens is 3. The number of imidazole rings is 1. The molecule has 7 nitrogen and oxygen atoms in total. The summed E-state index contributed by atoms with van der Waals surface area (Å²) in [6.45, 7) is 3.66. The van der Waals surface area contributed by atoms with Crippen LogP contribution in [0, 0.1) is 12.7 Å². The normalized spacial score (nSPS) is 16.0. The number of nitrogens with zero attached hydrogens (tertiary/aromatic N) is 3. The molecule has 1 amide bonds. The Labute approximate surface area is 211 Å². The molecule has 0 atom stereocenters. The van der Waals surface area contributed by atoms with E-state index in [1.807, 2.05) is 17.4 Å². The van der Waals surface area contributed by atoms with Crippen LogP contribution >= 0.6 is 24.0 Å². The zero-order valence-corrected chi connectivity index (χ0v) is 20.5. The SMILES string of the molecule is Cc1cc2c(cc1C(=O)N1CCc3cc(F)c(Cl)cc31)[nH]c(=O)c1cnc(C3CCOCC3)n12.Cl. The summed E-state index contributed by atoms with van der Waals surface area (Å²) in [6, 6.07) is 6.54. The summed E-state index contributed by atoms with van der Waals surface area (Å²) >= 11 is 5.99. The van der Waals surface area contributed by atoms with Crippen LogP contribution in [0.2, 0.25) is 5.02 Å². The molecule has 0 bridgehead atoms. The molecule has 182 valence electrons. The van der Waals surface area contributed by atoms with E-state index in [1.54, 1.807) is 17.2 Å². The Kier molecular flexibility index (Phi) is 6.07. The van der Waals surface area contributed by atoms with Gasteiger partial charge in [-0.25, -0.2) is 9.37 Å². The first-order chi connectivity index (χ1) is 16.4. The highest BCUT2D eigenvalue weighted by Gasteiger charge is 2.29. The predicted octanol–water partition coefficient (Wildman–Crippen LogP) is 4.80. The van der Waals surface area contributed by atoms with Crippen LogP contribution in [0.4, 0.5) is 10.1 Å². The fourth-order valence-corrected chi connectivity index (χ4v) is 5.31. The quantitative estimate of drug-likeness (QED) is 0.415. The molecule has 1 N–H and O–H groups in total. The van der Waals surface area contributed by atoms with E-state index >= 15 is 0 Å². The maximum absolute atomic E-state index is 13.9. The average molecular weight is 517 g/mol. The van der Waals surface area contributed by atoms with E-state index in [1.165, 1.54) is 12.1 Å². The van der Waals surface area contributed by atoms with Crippen molar-refractivity contribution in [1.29, 1.82) is 0 Å². The number of benzene rings is 2. The van der Waals surface area contributed by atoms with Gasteiger partial charge >= 0.3 is 0 Å². The number of carbonyl (C=O) groups excluding carboxylic acids is 1. The van der Waals surface area contributed by atoms with Crippen molar-refractivity contribution in [2.75, 3.05) is 24.7 Å². The first-order valence-electron chi connectivity index (χ1n) is 11.3. The highest BCUT2D eigenvalue weighted by Crippen LogP contribution is 2.35. The summed E-state index contributed by atoms with van der Waals surface area (Å²) in [5.41, 5.74) is 4.22. The van der Waals surface area contributed by atoms with Crippen molar-refractivity contribution in [3.05, 3.63) is 74.2 Å². The number of halogens is 3. The molecule has 0 saturated carbocycles. The number of carbonyl (C=O) groups is 1. The van der Waals surface area contributed by atoms with E-state index in [9.17, 15) is 14.0 Å². The van der Waals surface area contributed by atoms with Crippen LogP contribution in [0.5, 0.6) is 0 Å². The number of fused-ring (bicyclic) bond motifs is 4. The number of amides is 1. The Morgan fingerprint density at radius 1 is 1.20 bits per heavy atom. The summed E-state index contributed by atoms with van der Waals surface area (Å²) in [4.78, 5) is 35.5. The van der Waals surface area contributed by atoms with Crippen molar-refractivity contribution in [2.45, 2.75) is 32.1 Å². The first kappa shape index (κ1) is 23.8. The average Bonchev–Trinajstić information content (AvgIpc) is 3.45. The highest BCUT2D eigenvalue weighted by molar-refractivity contribution is 6.31. The third-order valence-electron chi connectivity index (χ3n) is 6.93. The van der Waals surface area contributed by atoms with Crippen molar-refractivity contribution in [2.24, 2.45) is 0 Å². The minimum Gasteiger partial charge on any atom is -0.381 e. The second kappa shape index (κ2) is 8.93. The number of H-pyrrole nitrogens is 1. The number of aryl methyl sites for hydroxylation is 1. The number of hydrogen-bond acceptors (Lipinski definition) is 4. The van der Waals surface area contributed by atoms with E-state index in [0.717, 1.165) is 35.3 Å². The first-order valence-corrected chi connectivity index (χ1v) is 11.7. The van der Waals surface area contributed by atoms with Gasteiger partial charge in [-0.2, -0.15) is 0 Å². The molecule has 2 aromatic carbocycles. The van der Waals surface area contributed by atoms with Gasteiger partial charge in [-0.15, -0.1) is 12.4 Å². The molecule has 10 heteroatoms. The second-order valence-electron chi connectivity index (χ2n) is 8.96. The van der Waals surface area contributed by atoms with Gasteiger partial charge in [-0.05, 0) is 61.6 Å². The van der Waals surface area contributed by atoms with E-state index in [0.29, 0.717) is 48.5 Å². The number of nitrogens with one attached hydrogen (secondary N) is 1. The van der Waals surface area contributed by atoms with Crippen LogP contribution in [0.1, 0.15) is 46.1 Å². The van der Waals surface area contributed by atoms with Crippen molar-refractivity contribution < 1.29 is 13.9 Å². The van der Waals surface area contributed by atoms with E-state index in [2.05, 4.69) is 9.97 Å². The predicted molar refractivity (Wildman–Crippen MR) is 135 cm³/mol. The number of aromatic amines is 1. The van der Waals surface area contributed by atoms with E-state index < -0.39 is 5.82 Å². The van der Waals surface area contributed by atoms with Crippen LogP contribution in [0.25, 0.3) is 16.6 Å².